The summed E-state index contributed by atoms with van der Waals surface area (Å²) in [7, 11) is -4.67. The fourth-order valence-corrected chi connectivity index (χ4v) is 1.75. The summed E-state index contributed by atoms with van der Waals surface area (Å²) in [5.41, 5.74) is 0. The number of hydrogen-bond acceptors (Lipinski definition) is 8. The van der Waals surface area contributed by atoms with Crippen LogP contribution >= 0.6 is 0 Å². The first-order chi connectivity index (χ1) is 13.5. The van der Waals surface area contributed by atoms with Gasteiger partial charge in [-0.05, 0) is 26.2 Å². The maximum atomic E-state index is 10.6. The van der Waals surface area contributed by atoms with Crippen molar-refractivity contribution < 1.29 is 36.6 Å². The Kier molecular flexibility index (Phi) is 23.0. The van der Waals surface area contributed by atoms with Crippen molar-refractivity contribution in [1.82, 2.24) is 9.80 Å². The van der Waals surface area contributed by atoms with Gasteiger partial charge in [0.15, 0.2) is 0 Å². The minimum atomic E-state index is -4.67. The molecule has 0 aromatic rings. The summed E-state index contributed by atoms with van der Waals surface area (Å²) < 4.78 is 41.2. The average molecular weight is 441 g/mol. The van der Waals surface area contributed by atoms with Gasteiger partial charge in [-0.3, -0.25) is 9.11 Å². The molecule has 0 bridgehead atoms. The van der Waals surface area contributed by atoms with Crippen LogP contribution in [0.15, 0.2) is 25.3 Å². The molecule has 0 spiro atoms. The Morgan fingerprint density at radius 3 is 1.21 bits per heavy atom. The molecule has 0 aliphatic carbocycles. The molecule has 0 saturated heterocycles. The second kappa shape index (κ2) is 20.9. The molecule has 11 heteroatoms. The second-order valence-corrected chi connectivity index (χ2v) is 6.14. The van der Waals surface area contributed by atoms with Crippen LogP contribution in [0, 0.1) is 0 Å². The van der Waals surface area contributed by atoms with Gasteiger partial charge in [-0.25, -0.2) is 9.59 Å². The van der Waals surface area contributed by atoms with Crippen molar-refractivity contribution >= 4 is 22.3 Å². The SMILES string of the molecule is C=CC(=O)OCCN(CC)CC.C=CC(=O)OCCN(CC)CC.O=S(=O)(O)O. The molecule has 0 aromatic carbocycles. The smallest absolute Gasteiger partial charge is 0.394 e. The molecule has 2 N–H and O–H groups in total. The van der Waals surface area contributed by atoms with Gasteiger partial charge in [0.1, 0.15) is 13.2 Å². The Labute approximate surface area is 174 Å². The molecule has 172 valence electrons. The summed E-state index contributed by atoms with van der Waals surface area (Å²) >= 11 is 0. The average Bonchev–Trinajstić information content (AvgIpc) is 2.67. The summed E-state index contributed by atoms with van der Waals surface area (Å²) in [5.74, 6) is -0.690. The van der Waals surface area contributed by atoms with Crippen molar-refractivity contribution in [1.29, 1.82) is 0 Å². The molecule has 0 unspecified atom stereocenters. The molecule has 0 rings (SSSR count). The lowest BCUT2D eigenvalue weighted by atomic mass is 10.5. The third kappa shape index (κ3) is 31.1. The first-order valence-corrected chi connectivity index (χ1v) is 10.6. The minimum absolute atomic E-state index is 0.345. The molecule has 10 nitrogen and oxygen atoms in total. The lowest BCUT2D eigenvalue weighted by Gasteiger charge is -2.16. The molecule has 0 heterocycles. The molecule has 0 radical (unpaired) electrons. The van der Waals surface area contributed by atoms with E-state index >= 15 is 0 Å². The van der Waals surface area contributed by atoms with E-state index in [0.717, 1.165) is 39.3 Å². The normalized spacial score (nSPS) is 10.2. The third-order valence-corrected chi connectivity index (χ3v) is 3.43. The molecule has 0 fully saturated rings. The van der Waals surface area contributed by atoms with Crippen molar-refractivity contribution in [3.63, 3.8) is 0 Å². The van der Waals surface area contributed by atoms with Crippen molar-refractivity contribution in [2.24, 2.45) is 0 Å². The predicted molar refractivity (Wildman–Crippen MR) is 112 cm³/mol. The van der Waals surface area contributed by atoms with Crippen molar-refractivity contribution in [3.8, 4) is 0 Å². The monoisotopic (exact) mass is 440 g/mol. The molecule has 0 atom stereocenters. The zero-order chi connectivity index (χ0) is 23.3. The molecule has 29 heavy (non-hydrogen) atoms. The van der Waals surface area contributed by atoms with Gasteiger partial charge in [-0.2, -0.15) is 8.42 Å². The van der Waals surface area contributed by atoms with Crippen LogP contribution in [0.5, 0.6) is 0 Å². The minimum Gasteiger partial charge on any atom is -0.461 e. The molecular formula is C18H36N2O8S. The predicted octanol–water partition coefficient (Wildman–Crippen LogP) is 1.46. The first kappa shape index (κ1) is 31.9. The highest BCUT2D eigenvalue weighted by Crippen LogP contribution is 1.88. The second-order valence-electron chi connectivity index (χ2n) is 5.24. The Hall–Kier alpha value is -1.79. The van der Waals surface area contributed by atoms with Gasteiger partial charge >= 0.3 is 22.3 Å². The van der Waals surface area contributed by atoms with E-state index in [4.69, 9.17) is 27.0 Å². The van der Waals surface area contributed by atoms with Crippen LogP contribution in [0.25, 0.3) is 0 Å². The van der Waals surface area contributed by atoms with Crippen LogP contribution in [0.2, 0.25) is 0 Å². The van der Waals surface area contributed by atoms with Crippen LogP contribution in [-0.2, 0) is 29.5 Å². The van der Waals surface area contributed by atoms with Gasteiger partial charge in [0.25, 0.3) is 0 Å². The van der Waals surface area contributed by atoms with Crippen LogP contribution in [-0.4, -0.2) is 91.7 Å². The van der Waals surface area contributed by atoms with Gasteiger partial charge < -0.3 is 19.3 Å². The lowest BCUT2D eigenvalue weighted by molar-refractivity contribution is -0.139. The molecule has 0 saturated carbocycles. The summed E-state index contributed by atoms with van der Waals surface area (Å²) in [4.78, 5) is 25.6. The Balaban J connectivity index is -0.000000380. The van der Waals surface area contributed by atoms with E-state index in [1.165, 1.54) is 12.2 Å². The van der Waals surface area contributed by atoms with Crippen molar-refractivity contribution in [2.45, 2.75) is 27.7 Å². The zero-order valence-electron chi connectivity index (χ0n) is 17.9. The van der Waals surface area contributed by atoms with E-state index in [1.54, 1.807) is 0 Å². The number of likely N-dealkylation sites (N-methyl/N-ethyl adjacent to an activating group) is 2. The number of esters is 2. The summed E-state index contributed by atoms with van der Waals surface area (Å²) in [6.45, 7) is 21.4. The lowest BCUT2D eigenvalue weighted by Crippen LogP contribution is -2.27. The topological polar surface area (TPSA) is 134 Å². The number of carbonyl (C=O) groups is 2. The maximum Gasteiger partial charge on any atom is 0.394 e. The number of rotatable bonds is 12. The molecule has 0 amide bonds. The molecular weight excluding hydrogens is 404 g/mol. The van der Waals surface area contributed by atoms with E-state index < -0.39 is 10.4 Å². The number of nitrogens with zero attached hydrogens (tertiary/aromatic N) is 2. The Bertz CT molecular complexity index is 502. The highest BCUT2D eigenvalue weighted by atomic mass is 32.3. The standard InChI is InChI=1S/2C9H17NO2.H2O4S/c2*1-4-9(11)12-8-7-10(5-2)6-3;1-5(2,3)4/h2*4H,1,5-8H2,2-3H3;(H2,1,2,3,4). The van der Waals surface area contributed by atoms with Crippen LogP contribution in [0.3, 0.4) is 0 Å². The zero-order valence-corrected chi connectivity index (χ0v) is 18.7. The van der Waals surface area contributed by atoms with Crippen LogP contribution in [0.4, 0.5) is 0 Å². The maximum absolute atomic E-state index is 10.6. The highest BCUT2D eigenvalue weighted by Gasteiger charge is 2.00. The van der Waals surface area contributed by atoms with E-state index in [1.807, 2.05) is 0 Å². The molecule has 0 aliphatic heterocycles. The van der Waals surface area contributed by atoms with E-state index in [0.29, 0.717) is 13.2 Å². The molecule has 0 aromatic heterocycles. The number of carbonyl (C=O) groups excluding carboxylic acids is 2. The van der Waals surface area contributed by atoms with Gasteiger partial charge in [0.2, 0.25) is 0 Å². The van der Waals surface area contributed by atoms with Gasteiger partial charge in [-0.15, -0.1) is 0 Å². The highest BCUT2D eigenvalue weighted by molar-refractivity contribution is 7.79. The quantitative estimate of drug-likeness (QED) is 0.261. The first-order valence-electron chi connectivity index (χ1n) is 9.21. The fraction of sp³-hybridized carbons (Fsp3) is 0.667. The summed E-state index contributed by atoms with van der Waals surface area (Å²) in [5, 5.41) is 0. The molecule has 0 aliphatic rings. The Morgan fingerprint density at radius 2 is 1.03 bits per heavy atom. The summed E-state index contributed by atoms with van der Waals surface area (Å²) in [6.07, 6.45) is 2.37. The van der Waals surface area contributed by atoms with E-state index in [2.05, 4.69) is 50.7 Å². The van der Waals surface area contributed by atoms with Gasteiger partial charge in [0, 0.05) is 25.2 Å². The number of hydrogen-bond donors (Lipinski definition) is 2. The Morgan fingerprint density at radius 1 is 0.793 bits per heavy atom. The third-order valence-electron chi connectivity index (χ3n) is 3.43. The number of ether oxygens (including phenoxy) is 2. The van der Waals surface area contributed by atoms with E-state index in [-0.39, 0.29) is 11.9 Å². The van der Waals surface area contributed by atoms with Gasteiger partial charge in [0.05, 0.1) is 0 Å². The van der Waals surface area contributed by atoms with Gasteiger partial charge in [-0.1, -0.05) is 40.9 Å². The van der Waals surface area contributed by atoms with Crippen molar-refractivity contribution in [3.05, 3.63) is 25.3 Å². The fourth-order valence-electron chi connectivity index (χ4n) is 1.75. The van der Waals surface area contributed by atoms with Crippen LogP contribution in [0.1, 0.15) is 27.7 Å². The van der Waals surface area contributed by atoms with Crippen molar-refractivity contribution in [2.75, 3.05) is 52.5 Å². The van der Waals surface area contributed by atoms with Crippen LogP contribution < -0.4 is 0 Å². The van der Waals surface area contributed by atoms with E-state index in [9.17, 15) is 9.59 Å². The largest absolute Gasteiger partial charge is 0.461 e. The summed E-state index contributed by atoms with van der Waals surface area (Å²) in [6, 6.07) is 0.